The van der Waals surface area contributed by atoms with Gasteiger partial charge < -0.3 is 5.73 Å². The lowest BCUT2D eigenvalue weighted by Gasteiger charge is -1.98. The average Bonchev–Trinajstić information content (AvgIpc) is 2.61. The Balaban J connectivity index is 2.44. The molecule has 0 saturated heterocycles. The van der Waals surface area contributed by atoms with E-state index in [4.69, 9.17) is 5.73 Å². The molecule has 0 unspecified atom stereocenters. The van der Waals surface area contributed by atoms with Crippen LogP contribution in [0.1, 0.15) is 10.6 Å². The zero-order valence-corrected chi connectivity index (χ0v) is 10.7. The van der Waals surface area contributed by atoms with Crippen molar-refractivity contribution < 1.29 is 0 Å². The fraction of sp³-hybridized carbons (Fsp3) is 0.182. The van der Waals surface area contributed by atoms with Crippen LogP contribution < -0.4 is 5.73 Å². The molecule has 2 nitrogen and oxygen atoms in total. The molecule has 2 N–H and O–H groups in total. The highest BCUT2D eigenvalue weighted by atomic mass is 79.9. The molecule has 2 rings (SSSR count). The van der Waals surface area contributed by atoms with Gasteiger partial charge in [0.25, 0.3) is 0 Å². The highest BCUT2D eigenvalue weighted by Gasteiger charge is 2.09. The molecular formula is C11H11BrN2S. The van der Waals surface area contributed by atoms with Gasteiger partial charge in [-0.25, -0.2) is 4.98 Å². The Morgan fingerprint density at radius 2 is 2.00 bits per heavy atom. The van der Waals surface area contributed by atoms with E-state index in [1.165, 1.54) is 11.1 Å². The van der Waals surface area contributed by atoms with Crippen LogP contribution in [0.15, 0.2) is 28.9 Å². The van der Waals surface area contributed by atoms with Crippen LogP contribution in [-0.4, -0.2) is 4.98 Å². The molecule has 2 aromatic rings. The summed E-state index contributed by atoms with van der Waals surface area (Å²) >= 11 is 5.09. The zero-order valence-electron chi connectivity index (χ0n) is 8.33. The number of thiazole rings is 1. The number of hydrogen-bond donors (Lipinski definition) is 1. The maximum atomic E-state index is 5.56. The Bertz CT molecular complexity index is 462. The summed E-state index contributed by atoms with van der Waals surface area (Å²) in [5.41, 5.74) is 8.01. The van der Waals surface area contributed by atoms with Crippen LogP contribution in [0.2, 0.25) is 0 Å². The van der Waals surface area contributed by atoms with Crippen LogP contribution in [0.3, 0.4) is 0 Å². The van der Waals surface area contributed by atoms with E-state index >= 15 is 0 Å². The fourth-order valence-corrected chi connectivity index (χ4v) is 2.96. The summed E-state index contributed by atoms with van der Waals surface area (Å²) in [4.78, 5) is 5.49. The number of halogens is 1. The molecule has 0 amide bonds. The number of rotatable bonds is 2. The molecule has 15 heavy (non-hydrogen) atoms. The highest BCUT2D eigenvalue weighted by Crippen LogP contribution is 2.33. The summed E-state index contributed by atoms with van der Waals surface area (Å²) in [5, 5.41) is 0.956. The number of nitrogens with two attached hydrogens (primary N) is 1. The number of hydrogen-bond acceptors (Lipinski definition) is 3. The Morgan fingerprint density at radius 3 is 2.53 bits per heavy atom. The normalized spacial score (nSPS) is 10.6. The standard InChI is InChI=1S/C11H11BrN2S/c1-7-2-4-8(5-3-7)10-11(12)14-9(6-13)15-10/h2-5H,6,13H2,1H3. The van der Waals surface area contributed by atoms with E-state index in [9.17, 15) is 0 Å². The predicted octanol–water partition coefficient (Wildman–Crippen LogP) is 3.34. The molecule has 4 heteroatoms. The molecule has 1 heterocycles. The van der Waals surface area contributed by atoms with Gasteiger partial charge in [0, 0.05) is 6.54 Å². The minimum Gasteiger partial charge on any atom is -0.325 e. The number of benzene rings is 1. The zero-order chi connectivity index (χ0) is 10.8. The first-order valence-electron chi connectivity index (χ1n) is 4.63. The quantitative estimate of drug-likeness (QED) is 0.918. The maximum absolute atomic E-state index is 5.56. The molecule has 0 atom stereocenters. The van der Waals surface area contributed by atoms with Crippen molar-refractivity contribution in [3.05, 3.63) is 39.4 Å². The lowest BCUT2D eigenvalue weighted by molar-refractivity contribution is 1.03. The molecule has 0 fully saturated rings. The van der Waals surface area contributed by atoms with Gasteiger partial charge in [-0.15, -0.1) is 11.3 Å². The van der Waals surface area contributed by atoms with Crippen molar-refractivity contribution in [1.82, 2.24) is 4.98 Å². The van der Waals surface area contributed by atoms with Crippen LogP contribution in [0.4, 0.5) is 0 Å². The first kappa shape index (κ1) is 10.8. The molecule has 1 aromatic carbocycles. The van der Waals surface area contributed by atoms with Gasteiger partial charge in [-0.2, -0.15) is 0 Å². The third kappa shape index (κ3) is 2.27. The van der Waals surface area contributed by atoms with Crippen LogP contribution in [-0.2, 0) is 6.54 Å². The monoisotopic (exact) mass is 282 g/mol. The Morgan fingerprint density at radius 1 is 1.33 bits per heavy atom. The third-order valence-electron chi connectivity index (χ3n) is 2.12. The van der Waals surface area contributed by atoms with Crippen LogP contribution in [0.5, 0.6) is 0 Å². The maximum Gasteiger partial charge on any atom is 0.125 e. The SMILES string of the molecule is Cc1ccc(-c2sc(CN)nc2Br)cc1. The molecule has 0 aliphatic rings. The summed E-state index contributed by atoms with van der Waals surface area (Å²) in [6.07, 6.45) is 0. The van der Waals surface area contributed by atoms with Gasteiger partial charge in [0.2, 0.25) is 0 Å². The Hall–Kier alpha value is -0.710. The smallest absolute Gasteiger partial charge is 0.125 e. The predicted molar refractivity (Wildman–Crippen MR) is 67.9 cm³/mol. The van der Waals surface area contributed by atoms with Gasteiger partial charge in [0.05, 0.1) is 4.88 Å². The minimum absolute atomic E-state index is 0.495. The van der Waals surface area contributed by atoms with Gasteiger partial charge in [0.15, 0.2) is 0 Å². The van der Waals surface area contributed by atoms with Crippen molar-refractivity contribution >= 4 is 27.3 Å². The van der Waals surface area contributed by atoms with E-state index in [-0.39, 0.29) is 0 Å². The van der Waals surface area contributed by atoms with E-state index < -0.39 is 0 Å². The molecule has 0 saturated carbocycles. The topological polar surface area (TPSA) is 38.9 Å². The number of aryl methyl sites for hydroxylation is 1. The lowest BCUT2D eigenvalue weighted by atomic mass is 10.1. The molecule has 0 aliphatic carbocycles. The van der Waals surface area contributed by atoms with Crippen molar-refractivity contribution in [3.63, 3.8) is 0 Å². The fourth-order valence-electron chi connectivity index (χ4n) is 1.31. The molecule has 0 bridgehead atoms. The molecule has 1 aromatic heterocycles. The lowest BCUT2D eigenvalue weighted by Crippen LogP contribution is -1.93. The second kappa shape index (κ2) is 4.43. The van der Waals surface area contributed by atoms with Crippen LogP contribution in [0, 0.1) is 6.92 Å². The minimum atomic E-state index is 0.495. The first-order valence-corrected chi connectivity index (χ1v) is 6.24. The van der Waals surface area contributed by atoms with Crippen LogP contribution in [0.25, 0.3) is 10.4 Å². The number of aromatic nitrogens is 1. The summed E-state index contributed by atoms with van der Waals surface area (Å²) in [6.45, 7) is 2.58. The highest BCUT2D eigenvalue weighted by molar-refractivity contribution is 9.10. The molecule has 0 aliphatic heterocycles. The van der Waals surface area contributed by atoms with E-state index in [2.05, 4.69) is 52.1 Å². The van der Waals surface area contributed by atoms with Crippen molar-refractivity contribution in [2.24, 2.45) is 5.73 Å². The summed E-state index contributed by atoms with van der Waals surface area (Å²) in [7, 11) is 0. The Labute approximate surface area is 101 Å². The Kier molecular flexibility index (Phi) is 3.19. The number of nitrogens with zero attached hydrogens (tertiary/aromatic N) is 1. The largest absolute Gasteiger partial charge is 0.325 e. The molecular weight excluding hydrogens is 272 g/mol. The van der Waals surface area contributed by atoms with Gasteiger partial charge >= 0.3 is 0 Å². The third-order valence-corrected chi connectivity index (χ3v) is 4.08. The van der Waals surface area contributed by atoms with Crippen molar-refractivity contribution in [2.45, 2.75) is 13.5 Å². The molecule has 0 radical (unpaired) electrons. The summed E-state index contributed by atoms with van der Waals surface area (Å²) in [6, 6.07) is 8.41. The van der Waals surface area contributed by atoms with Crippen LogP contribution >= 0.6 is 27.3 Å². The van der Waals surface area contributed by atoms with Gasteiger partial charge in [-0.3, -0.25) is 0 Å². The van der Waals surface area contributed by atoms with E-state index in [1.807, 2.05) is 0 Å². The molecule has 0 spiro atoms. The van der Waals surface area contributed by atoms with E-state index in [1.54, 1.807) is 11.3 Å². The van der Waals surface area contributed by atoms with E-state index in [0.29, 0.717) is 6.54 Å². The van der Waals surface area contributed by atoms with Crippen molar-refractivity contribution in [1.29, 1.82) is 0 Å². The second-order valence-corrected chi connectivity index (χ2v) is 5.13. The average molecular weight is 283 g/mol. The van der Waals surface area contributed by atoms with Crippen molar-refractivity contribution in [3.8, 4) is 10.4 Å². The molecule has 78 valence electrons. The van der Waals surface area contributed by atoms with Gasteiger partial charge in [0.1, 0.15) is 9.61 Å². The van der Waals surface area contributed by atoms with E-state index in [0.717, 1.165) is 14.5 Å². The summed E-state index contributed by atoms with van der Waals surface area (Å²) in [5.74, 6) is 0. The first-order chi connectivity index (χ1) is 7.20. The van der Waals surface area contributed by atoms with Gasteiger partial charge in [-0.05, 0) is 28.4 Å². The van der Waals surface area contributed by atoms with Crippen molar-refractivity contribution in [2.75, 3.05) is 0 Å². The summed E-state index contributed by atoms with van der Waals surface area (Å²) < 4.78 is 0.886. The van der Waals surface area contributed by atoms with Gasteiger partial charge in [-0.1, -0.05) is 29.8 Å². The second-order valence-electron chi connectivity index (χ2n) is 3.30.